The maximum atomic E-state index is 11.6. The van der Waals surface area contributed by atoms with Crippen LogP contribution >= 0.6 is 11.8 Å². The van der Waals surface area contributed by atoms with E-state index >= 15 is 0 Å². The predicted octanol–water partition coefficient (Wildman–Crippen LogP) is 3.52. The number of rotatable bonds is 4. The summed E-state index contributed by atoms with van der Waals surface area (Å²) in [5.41, 5.74) is 3.42. The molecule has 0 saturated carbocycles. The number of benzene rings is 2. The SMILES string of the molecule is CCc1ccc(Sc2ccccc2C(=O)NO)cc1. The highest BCUT2D eigenvalue weighted by Crippen LogP contribution is 2.30. The van der Waals surface area contributed by atoms with E-state index in [0.29, 0.717) is 5.56 Å². The van der Waals surface area contributed by atoms with E-state index in [0.717, 1.165) is 16.2 Å². The predicted molar refractivity (Wildman–Crippen MR) is 75.6 cm³/mol. The Morgan fingerprint density at radius 3 is 2.47 bits per heavy atom. The maximum absolute atomic E-state index is 11.6. The van der Waals surface area contributed by atoms with E-state index in [2.05, 4.69) is 19.1 Å². The van der Waals surface area contributed by atoms with Gasteiger partial charge in [0.15, 0.2) is 0 Å². The summed E-state index contributed by atoms with van der Waals surface area (Å²) < 4.78 is 0. The van der Waals surface area contributed by atoms with E-state index in [1.165, 1.54) is 17.3 Å². The lowest BCUT2D eigenvalue weighted by Crippen LogP contribution is -2.19. The normalized spacial score (nSPS) is 10.2. The standard InChI is InChI=1S/C15H15NO2S/c1-2-11-7-9-12(10-8-11)19-14-6-4-3-5-13(14)15(17)16-18/h3-10,18H,2H2,1H3,(H,16,17). The second-order valence-corrected chi connectivity index (χ2v) is 5.15. The zero-order chi connectivity index (χ0) is 13.7. The van der Waals surface area contributed by atoms with Gasteiger partial charge < -0.3 is 0 Å². The molecule has 2 N–H and O–H groups in total. The minimum atomic E-state index is -0.492. The summed E-state index contributed by atoms with van der Waals surface area (Å²) in [4.78, 5) is 13.4. The first-order valence-corrected chi connectivity index (χ1v) is 6.86. The Hall–Kier alpha value is -1.78. The molecular formula is C15H15NO2S. The van der Waals surface area contributed by atoms with Crippen LogP contribution < -0.4 is 5.48 Å². The van der Waals surface area contributed by atoms with Crippen LogP contribution in [0.15, 0.2) is 58.3 Å². The van der Waals surface area contributed by atoms with E-state index in [9.17, 15) is 4.79 Å². The van der Waals surface area contributed by atoms with Crippen LogP contribution in [0.3, 0.4) is 0 Å². The lowest BCUT2D eigenvalue weighted by molar-refractivity contribution is 0.0703. The molecule has 1 amide bonds. The Balaban J connectivity index is 2.25. The third kappa shape index (κ3) is 3.36. The molecule has 0 aromatic heterocycles. The topological polar surface area (TPSA) is 49.3 Å². The number of amides is 1. The highest BCUT2D eigenvalue weighted by Gasteiger charge is 2.10. The first-order valence-electron chi connectivity index (χ1n) is 6.05. The van der Waals surface area contributed by atoms with Crippen LogP contribution in [0.4, 0.5) is 0 Å². The summed E-state index contributed by atoms with van der Waals surface area (Å²) in [6.07, 6.45) is 1.01. The molecule has 0 fully saturated rings. The van der Waals surface area contributed by atoms with E-state index in [1.807, 2.05) is 24.3 Å². The summed E-state index contributed by atoms with van der Waals surface area (Å²) in [7, 11) is 0. The van der Waals surface area contributed by atoms with Crippen molar-refractivity contribution < 1.29 is 10.0 Å². The quantitative estimate of drug-likeness (QED) is 0.662. The van der Waals surface area contributed by atoms with Crippen LogP contribution in [0, 0.1) is 0 Å². The van der Waals surface area contributed by atoms with Crippen LogP contribution in [0.2, 0.25) is 0 Å². The lowest BCUT2D eigenvalue weighted by Gasteiger charge is -2.07. The van der Waals surface area contributed by atoms with Crippen molar-refractivity contribution >= 4 is 17.7 Å². The van der Waals surface area contributed by atoms with E-state index < -0.39 is 5.91 Å². The first-order chi connectivity index (χ1) is 9.24. The molecule has 0 aliphatic rings. The second kappa shape index (κ2) is 6.41. The molecule has 0 heterocycles. The monoisotopic (exact) mass is 273 g/mol. The van der Waals surface area contributed by atoms with Gasteiger partial charge >= 0.3 is 0 Å². The Labute approximate surface area is 116 Å². The van der Waals surface area contributed by atoms with Crippen molar-refractivity contribution in [1.82, 2.24) is 5.48 Å². The van der Waals surface area contributed by atoms with Gasteiger partial charge in [-0.25, -0.2) is 5.48 Å². The van der Waals surface area contributed by atoms with Gasteiger partial charge in [0.1, 0.15) is 0 Å². The highest BCUT2D eigenvalue weighted by atomic mass is 32.2. The first kappa shape index (κ1) is 13.6. The van der Waals surface area contributed by atoms with Crippen LogP contribution in [0.25, 0.3) is 0 Å². The van der Waals surface area contributed by atoms with Gasteiger partial charge in [-0.05, 0) is 36.2 Å². The minimum absolute atomic E-state index is 0.467. The number of nitrogens with one attached hydrogen (secondary N) is 1. The molecule has 0 atom stereocenters. The molecule has 2 aromatic rings. The van der Waals surface area contributed by atoms with Gasteiger partial charge in [0.25, 0.3) is 5.91 Å². The van der Waals surface area contributed by atoms with Gasteiger partial charge in [-0.2, -0.15) is 0 Å². The Kier molecular flexibility index (Phi) is 4.60. The lowest BCUT2D eigenvalue weighted by atomic mass is 10.2. The molecule has 4 heteroatoms. The van der Waals surface area contributed by atoms with Crippen LogP contribution in [-0.2, 0) is 6.42 Å². The average Bonchev–Trinajstić information content (AvgIpc) is 2.48. The molecule has 0 bridgehead atoms. The number of hydrogen-bond acceptors (Lipinski definition) is 3. The molecule has 0 radical (unpaired) electrons. The molecule has 3 nitrogen and oxygen atoms in total. The van der Waals surface area contributed by atoms with Gasteiger partial charge in [0.2, 0.25) is 0 Å². The molecule has 19 heavy (non-hydrogen) atoms. The Morgan fingerprint density at radius 1 is 1.16 bits per heavy atom. The fourth-order valence-electron chi connectivity index (χ4n) is 1.72. The van der Waals surface area contributed by atoms with Crippen LogP contribution in [-0.4, -0.2) is 11.1 Å². The molecule has 0 spiro atoms. The van der Waals surface area contributed by atoms with Crippen molar-refractivity contribution in [3.63, 3.8) is 0 Å². The van der Waals surface area contributed by atoms with Crippen LogP contribution in [0.1, 0.15) is 22.8 Å². The number of hydrogen-bond donors (Lipinski definition) is 2. The summed E-state index contributed by atoms with van der Waals surface area (Å²) in [6, 6.07) is 15.4. The minimum Gasteiger partial charge on any atom is -0.288 e. The number of aryl methyl sites for hydroxylation is 1. The fraction of sp³-hybridized carbons (Fsp3) is 0.133. The van der Waals surface area contributed by atoms with Gasteiger partial charge in [0.05, 0.1) is 5.56 Å². The molecule has 2 rings (SSSR count). The van der Waals surface area contributed by atoms with Crippen LogP contribution in [0.5, 0.6) is 0 Å². The van der Waals surface area contributed by atoms with Gasteiger partial charge in [-0.1, -0.05) is 43.0 Å². The largest absolute Gasteiger partial charge is 0.288 e. The molecule has 0 saturated heterocycles. The van der Waals surface area contributed by atoms with E-state index in [4.69, 9.17) is 5.21 Å². The summed E-state index contributed by atoms with van der Waals surface area (Å²) in [5, 5.41) is 8.74. The van der Waals surface area contributed by atoms with Crippen molar-refractivity contribution in [1.29, 1.82) is 0 Å². The smallest absolute Gasteiger partial charge is 0.275 e. The van der Waals surface area contributed by atoms with E-state index in [-0.39, 0.29) is 0 Å². The molecular weight excluding hydrogens is 258 g/mol. The molecule has 0 aliphatic carbocycles. The zero-order valence-electron chi connectivity index (χ0n) is 10.6. The van der Waals surface area contributed by atoms with Gasteiger partial charge in [-0.15, -0.1) is 0 Å². The second-order valence-electron chi connectivity index (χ2n) is 4.04. The van der Waals surface area contributed by atoms with Crippen molar-refractivity contribution in [2.24, 2.45) is 0 Å². The number of carbonyl (C=O) groups is 1. The average molecular weight is 273 g/mol. The maximum Gasteiger partial charge on any atom is 0.275 e. The van der Waals surface area contributed by atoms with Gasteiger partial charge in [-0.3, -0.25) is 10.0 Å². The van der Waals surface area contributed by atoms with Crippen molar-refractivity contribution in [2.45, 2.75) is 23.1 Å². The number of hydroxylamine groups is 1. The van der Waals surface area contributed by atoms with Gasteiger partial charge in [0, 0.05) is 9.79 Å². The zero-order valence-corrected chi connectivity index (χ0v) is 11.4. The third-order valence-corrected chi connectivity index (χ3v) is 3.88. The van der Waals surface area contributed by atoms with E-state index in [1.54, 1.807) is 17.6 Å². The summed E-state index contributed by atoms with van der Waals surface area (Å²) >= 11 is 1.51. The fourth-order valence-corrected chi connectivity index (χ4v) is 2.67. The van der Waals surface area contributed by atoms with Crippen molar-refractivity contribution in [3.05, 3.63) is 59.7 Å². The highest BCUT2D eigenvalue weighted by molar-refractivity contribution is 7.99. The van der Waals surface area contributed by atoms with Crippen molar-refractivity contribution in [2.75, 3.05) is 0 Å². The van der Waals surface area contributed by atoms with Crippen molar-refractivity contribution in [3.8, 4) is 0 Å². The Bertz CT molecular complexity index is 567. The number of carbonyl (C=O) groups excluding carboxylic acids is 1. The molecule has 98 valence electrons. The molecule has 0 unspecified atom stereocenters. The summed E-state index contributed by atoms with van der Waals surface area (Å²) in [6.45, 7) is 2.11. The Morgan fingerprint density at radius 2 is 1.84 bits per heavy atom. The molecule has 0 aliphatic heterocycles. The molecule has 2 aromatic carbocycles. The summed E-state index contributed by atoms with van der Waals surface area (Å²) in [5.74, 6) is -0.492. The third-order valence-electron chi connectivity index (χ3n) is 2.79.